The molecule has 0 N–H and O–H groups in total. The highest BCUT2D eigenvalue weighted by molar-refractivity contribution is 5.94. The summed E-state index contributed by atoms with van der Waals surface area (Å²) in [6, 6.07) is 4.35. The predicted molar refractivity (Wildman–Crippen MR) is 185 cm³/mol. The first-order valence-electron chi connectivity index (χ1n) is 15.9. The van der Waals surface area contributed by atoms with Crippen molar-refractivity contribution in [3.8, 4) is 24.2 Å². The van der Waals surface area contributed by atoms with Gasteiger partial charge in [0.2, 0.25) is 5.78 Å². The summed E-state index contributed by atoms with van der Waals surface area (Å²) >= 11 is 0. The van der Waals surface area contributed by atoms with Crippen LogP contribution in [0, 0.1) is 49.4 Å². The molecule has 0 aliphatic heterocycles. The maximum atomic E-state index is 11.2. The van der Waals surface area contributed by atoms with Crippen LogP contribution in [-0.2, 0) is 11.2 Å². The van der Waals surface area contributed by atoms with E-state index in [0.717, 1.165) is 49.2 Å². The van der Waals surface area contributed by atoms with Crippen molar-refractivity contribution in [1.29, 1.82) is 0 Å². The minimum Gasteiger partial charge on any atom is -0.285 e. The number of carbonyl (C=O) groups is 1. The molecule has 0 unspecified atom stereocenters. The molecule has 228 valence electrons. The van der Waals surface area contributed by atoms with Crippen molar-refractivity contribution in [1.82, 2.24) is 0 Å². The fraction of sp³-hybridized carbons (Fsp3) is 0.575. The highest BCUT2D eigenvalue weighted by Gasteiger charge is 2.17. The Kier molecular flexibility index (Phi) is 22.5. The SMILES string of the molecule is C#CC(=O)CCCCC#Cc1ccc(CCC(=C)/C(=C\C(C)(C)CCCC)C(=C)C)c(C)c1C.CC.CCC(C)C. The predicted octanol–water partition coefficient (Wildman–Crippen LogP) is 11.7. The van der Waals surface area contributed by atoms with Gasteiger partial charge in [-0.15, -0.1) is 6.42 Å². The number of aryl methyl sites for hydroxylation is 1. The number of rotatable bonds is 14. The number of hydrogen-bond donors (Lipinski definition) is 0. The second kappa shape index (κ2) is 22.9. The standard InChI is InChI=1S/C33H44O.C5H12.C2H6/c1-10-12-23-33(8,9)24-32(25(3)4)26(5)19-20-30-22-21-29(27(6)28(30)7)17-15-13-14-16-18-31(34)11-2;1-4-5(2)3;1-2/h2,21-22,24H,3,5,10,12-14,16,18-20,23H2,1,4,6-9H3;5H,4H2,1-3H3;1-2H3/b32-24-;;. The quantitative estimate of drug-likeness (QED) is 0.0960. The lowest BCUT2D eigenvalue weighted by Crippen LogP contribution is -2.09. The van der Waals surface area contributed by atoms with Crippen LogP contribution in [0.2, 0.25) is 0 Å². The number of ketones is 1. The average Bonchev–Trinajstić information content (AvgIpc) is 2.95. The van der Waals surface area contributed by atoms with Crippen LogP contribution >= 0.6 is 0 Å². The van der Waals surface area contributed by atoms with E-state index in [1.54, 1.807) is 0 Å². The molecule has 0 heterocycles. The van der Waals surface area contributed by atoms with Crippen LogP contribution < -0.4 is 0 Å². The summed E-state index contributed by atoms with van der Waals surface area (Å²) in [4.78, 5) is 11.2. The molecule has 41 heavy (non-hydrogen) atoms. The van der Waals surface area contributed by atoms with Gasteiger partial charge in [-0.25, -0.2) is 0 Å². The molecule has 0 radical (unpaired) electrons. The molecule has 1 nitrogen and oxygen atoms in total. The summed E-state index contributed by atoms with van der Waals surface area (Å²) in [7, 11) is 0. The Morgan fingerprint density at radius 3 is 2.15 bits per heavy atom. The van der Waals surface area contributed by atoms with Gasteiger partial charge in [0.25, 0.3) is 0 Å². The zero-order chi connectivity index (χ0) is 32.0. The molecule has 0 atom stereocenters. The van der Waals surface area contributed by atoms with E-state index >= 15 is 0 Å². The van der Waals surface area contributed by atoms with E-state index in [2.05, 4.69) is 111 Å². The van der Waals surface area contributed by atoms with Gasteiger partial charge in [0.15, 0.2) is 0 Å². The number of hydrogen-bond acceptors (Lipinski definition) is 1. The number of Topliss-reactive ketones (excluding diaryl/α,β-unsaturated/α-hetero) is 1. The van der Waals surface area contributed by atoms with Gasteiger partial charge in [0.1, 0.15) is 0 Å². The van der Waals surface area contributed by atoms with Crippen molar-refractivity contribution in [2.24, 2.45) is 11.3 Å². The highest BCUT2D eigenvalue weighted by atomic mass is 16.1. The zero-order valence-electron chi connectivity index (χ0n) is 28.8. The van der Waals surface area contributed by atoms with Gasteiger partial charge in [0.05, 0.1) is 0 Å². The lowest BCUT2D eigenvalue weighted by molar-refractivity contribution is -0.113. The van der Waals surface area contributed by atoms with Gasteiger partial charge in [0, 0.05) is 18.4 Å². The monoisotopic (exact) mass is 558 g/mol. The maximum absolute atomic E-state index is 11.2. The Hall–Kier alpha value is -2.77. The summed E-state index contributed by atoms with van der Waals surface area (Å²) in [5, 5.41) is 0. The van der Waals surface area contributed by atoms with Crippen molar-refractivity contribution in [3.63, 3.8) is 0 Å². The summed E-state index contributed by atoms with van der Waals surface area (Å²) < 4.78 is 0. The minimum absolute atomic E-state index is 0.122. The van der Waals surface area contributed by atoms with E-state index in [1.807, 2.05) is 13.8 Å². The Labute approximate surface area is 256 Å². The normalized spacial score (nSPS) is 10.8. The van der Waals surface area contributed by atoms with Gasteiger partial charge in [-0.2, -0.15) is 0 Å². The summed E-state index contributed by atoms with van der Waals surface area (Å²) in [5.41, 5.74) is 8.62. The molecule has 0 spiro atoms. The molecule has 0 bridgehead atoms. The third-order valence-electron chi connectivity index (χ3n) is 7.30. The van der Waals surface area contributed by atoms with Gasteiger partial charge in [-0.1, -0.05) is 117 Å². The van der Waals surface area contributed by atoms with E-state index in [4.69, 9.17) is 6.42 Å². The second-order valence-corrected chi connectivity index (χ2v) is 11.9. The molecule has 0 saturated heterocycles. The fourth-order valence-corrected chi connectivity index (χ4v) is 4.05. The number of benzene rings is 1. The Bertz CT molecular complexity index is 1070. The van der Waals surface area contributed by atoms with E-state index in [9.17, 15) is 4.79 Å². The van der Waals surface area contributed by atoms with Crippen LogP contribution in [0.15, 0.2) is 48.1 Å². The van der Waals surface area contributed by atoms with Crippen LogP contribution in [0.25, 0.3) is 0 Å². The second-order valence-electron chi connectivity index (χ2n) is 11.9. The van der Waals surface area contributed by atoms with E-state index < -0.39 is 0 Å². The molecular weight excluding hydrogens is 496 g/mol. The van der Waals surface area contributed by atoms with Crippen molar-refractivity contribution in [2.75, 3.05) is 0 Å². The summed E-state index contributed by atoms with van der Waals surface area (Å²) in [6.45, 7) is 32.6. The molecule has 0 aromatic heterocycles. The molecule has 0 amide bonds. The third kappa shape index (κ3) is 18.3. The van der Waals surface area contributed by atoms with Crippen molar-refractivity contribution >= 4 is 5.78 Å². The number of carbonyl (C=O) groups excluding carboxylic acids is 1. The van der Waals surface area contributed by atoms with Gasteiger partial charge in [-0.3, -0.25) is 4.79 Å². The van der Waals surface area contributed by atoms with E-state index in [0.29, 0.717) is 6.42 Å². The number of unbranched alkanes of at least 4 members (excludes halogenated alkanes) is 3. The smallest absolute Gasteiger partial charge is 0.205 e. The highest BCUT2D eigenvalue weighted by Crippen LogP contribution is 2.32. The van der Waals surface area contributed by atoms with E-state index in [1.165, 1.54) is 53.5 Å². The van der Waals surface area contributed by atoms with Gasteiger partial charge < -0.3 is 0 Å². The average molecular weight is 559 g/mol. The lowest BCUT2D eigenvalue weighted by Gasteiger charge is -2.23. The molecule has 1 aromatic rings. The molecule has 1 rings (SSSR count). The largest absolute Gasteiger partial charge is 0.285 e. The van der Waals surface area contributed by atoms with Crippen molar-refractivity contribution in [2.45, 2.75) is 140 Å². The maximum Gasteiger partial charge on any atom is 0.205 e. The van der Waals surface area contributed by atoms with Crippen molar-refractivity contribution in [3.05, 3.63) is 70.3 Å². The van der Waals surface area contributed by atoms with E-state index in [-0.39, 0.29) is 11.2 Å². The molecule has 1 heteroatoms. The fourth-order valence-electron chi connectivity index (χ4n) is 4.05. The number of allylic oxidation sites excluding steroid dienone is 4. The molecule has 0 aliphatic rings. The van der Waals surface area contributed by atoms with Crippen LogP contribution in [0.1, 0.15) is 142 Å². The Morgan fingerprint density at radius 2 is 1.63 bits per heavy atom. The third-order valence-corrected chi connectivity index (χ3v) is 7.30. The molecule has 0 aliphatic carbocycles. The van der Waals surface area contributed by atoms with Crippen LogP contribution in [0.3, 0.4) is 0 Å². The first kappa shape index (κ1) is 40.4. The van der Waals surface area contributed by atoms with Crippen LogP contribution in [0.5, 0.6) is 0 Å². The topological polar surface area (TPSA) is 17.1 Å². The van der Waals surface area contributed by atoms with Crippen LogP contribution in [-0.4, -0.2) is 5.78 Å². The number of terminal acetylenes is 1. The first-order chi connectivity index (χ1) is 19.3. The first-order valence-corrected chi connectivity index (χ1v) is 15.9. The molecular formula is C40H62O. The molecule has 1 aromatic carbocycles. The zero-order valence-corrected chi connectivity index (χ0v) is 28.8. The molecule has 0 fully saturated rings. The summed E-state index contributed by atoms with van der Waals surface area (Å²) in [5.74, 6) is 9.48. The molecule has 0 saturated carbocycles. The Morgan fingerprint density at radius 1 is 1.02 bits per heavy atom. The summed E-state index contributed by atoms with van der Waals surface area (Å²) in [6.07, 6.45) is 17.2. The minimum atomic E-state index is -0.122. The van der Waals surface area contributed by atoms with Crippen molar-refractivity contribution < 1.29 is 4.79 Å². The van der Waals surface area contributed by atoms with Crippen LogP contribution in [0.4, 0.5) is 0 Å². The lowest BCUT2D eigenvalue weighted by atomic mass is 9.82. The Balaban J connectivity index is 0. The van der Waals surface area contributed by atoms with Gasteiger partial charge >= 0.3 is 0 Å². The van der Waals surface area contributed by atoms with Gasteiger partial charge in [-0.05, 0) is 104 Å².